The smallest absolute Gasteiger partial charge is 0.302 e. The number of alkyl halides is 3. The molecular formula is C8H19Cl3O6. The van der Waals surface area contributed by atoms with Crippen LogP contribution in [-0.4, -0.2) is 45.6 Å². The molecule has 0 aromatic heterocycles. The summed E-state index contributed by atoms with van der Waals surface area (Å²) in [5.74, 6) is -1.04. The molecule has 0 aromatic carbocycles. The Balaban J connectivity index is -0.0000000393. The van der Waals surface area contributed by atoms with Gasteiger partial charge in [0.2, 0.25) is 0 Å². The lowest BCUT2D eigenvalue weighted by Gasteiger charge is -1.89. The maximum Gasteiger partial charge on any atom is 0.302 e. The van der Waals surface area contributed by atoms with Crippen LogP contribution in [0.25, 0.3) is 0 Å². The molecule has 17 heavy (non-hydrogen) atoms. The first kappa shape index (κ1) is 30.1. The molecule has 108 valence electrons. The Morgan fingerprint density at radius 1 is 1.18 bits per heavy atom. The second-order valence-corrected chi connectivity index (χ2v) is 3.67. The Labute approximate surface area is 116 Å². The molecule has 9 heteroatoms. The van der Waals surface area contributed by atoms with Crippen molar-refractivity contribution in [3.8, 4) is 0 Å². The van der Waals surface area contributed by atoms with Gasteiger partial charge < -0.3 is 20.4 Å². The summed E-state index contributed by atoms with van der Waals surface area (Å²) < 4.78 is 3.65. The van der Waals surface area contributed by atoms with Crippen molar-refractivity contribution in [3.63, 3.8) is 0 Å². The van der Waals surface area contributed by atoms with Gasteiger partial charge in [0.05, 0.1) is 6.61 Å². The second-order valence-electron chi connectivity index (χ2n) is 1.69. The van der Waals surface area contributed by atoms with Crippen LogP contribution < -0.4 is 0 Å². The minimum Gasteiger partial charge on any atom is -0.481 e. The monoisotopic (exact) mass is 316 g/mol. The minimum atomic E-state index is -0.833. The van der Waals surface area contributed by atoms with Gasteiger partial charge in [0.1, 0.15) is 0 Å². The largest absolute Gasteiger partial charge is 0.481 e. The van der Waals surface area contributed by atoms with E-state index in [-0.39, 0.29) is 11.4 Å². The van der Waals surface area contributed by atoms with Gasteiger partial charge in [-0.25, -0.2) is 0 Å². The number of carboxylic acid groups (broad SMARTS) is 1. The molecule has 0 fully saturated rings. The van der Waals surface area contributed by atoms with Crippen LogP contribution in [0.3, 0.4) is 0 Å². The summed E-state index contributed by atoms with van der Waals surface area (Å²) in [6.07, 6.45) is 0. The van der Waals surface area contributed by atoms with Crippen molar-refractivity contribution in [3.05, 3.63) is 0 Å². The Morgan fingerprint density at radius 2 is 1.35 bits per heavy atom. The number of carbonyl (C=O) groups excluding carboxylic acids is 1. The van der Waals surface area contributed by atoms with Crippen LogP contribution in [0, 0.1) is 0 Å². The summed E-state index contributed by atoms with van der Waals surface area (Å²) >= 11 is 14.4. The molecule has 0 aromatic rings. The summed E-state index contributed by atoms with van der Waals surface area (Å²) in [6.45, 7) is 4.74. The molecule has 0 radical (unpaired) electrons. The molecular weight excluding hydrogens is 298 g/mol. The van der Waals surface area contributed by atoms with Crippen molar-refractivity contribution in [2.45, 2.75) is 25.1 Å². The molecule has 4 N–H and O–H groups in total. The van der Waals surface area contributed by atoms with Crippen molar-refractivity contribution >= 4 is 46.7 Å². The number of carboxylic acids is 1. The molecule has 0 saturated heterocycles. The molecule has 0 bridgehead atoms. The van der Waals surface area contributed by atoms with Gasteiger partial charge in [-0.2, -0.15) is 0 Å². The number of halogens is 3. The first-order valence-electron chi connectivity index (χ1n) is 3.93. The van der Waals surface area contributed by atoms with E-state index in [4.69, 9.17) is 49.8 Å². The predicted molar refractivity (Wildman–Crippen MR) is 68.7 cm³/mol. The fourth-order valence-corrected chi connectivity index (χ4v) is 0.203. The van der Waals surface area contributed by atoms with Gasteiger partial charge in [-0.1, -0.05) is 34.8 Å². The van der Waals surface area contributed by atoms with Crippen LogP contribution in [0.1, 0.15) is 20.8 Å². The van der Waals surface area contributed by atoms with E-state index in [1.165, 1.54) is 6.92 Å². The van der Waals surface area contributed by atoms with Gasteiger partial charge in [-0.15, -0.1) is 0 Å². The van der Waals surface area contributed by atoms with Crippen LogP contribution >= 0.6 is 34.8 Å². The topological polar surface area (TPSA) is 115 Å². The van der Waals surface area contributed by atoms with Crippen molar-refractivity contribution in [2.24, 2.45) is 0 Å². The Hall–Kier alpha value is -0.270. The number of ether oxygens (including phenoxy) is 1. The van der Waals surface area contributed by atoms with Gasteiger partial charge in [0.25, 0.3) is 5.97 Å². The van der Waals surface area contributed by atoms with Crippen molar-refractivity contribution < 1.29 is 30.0 Å². The molecule has 0 amide bonds. The lowest BCUT2D eigenvalue weighted by atomic mass is 10.8. The summed E-state index contributed by atoms with van der Waals surface area (Å²) in [5, 5.41) is 14.4. The molecule has 0 unspecified atom stereocenters. The normalized spacial score (nSPS) is 6.65. The van der Waals surface area contributed by atoms with E-state index in [1.807, 2.05) is 0 Å². The fraction of sp³-hybridized carbons (Fsp3) is 0.750. The molecule has 0 spiro atoms. The first-order chi connectivity index (χ1) is 7.23. The molecule has 0 rings (SSSR count). The fourth-order valence-electron chi connectivity index (χ4n) is 0.203. The van der Waals surface area contributed by atoms with E-state index < -0.39 is 10.3 Å². The average Bonchev–Trinajstić information content (AvgIpc) is 2.05. The van der Waals surface area contributed by atoms with Crippen LogP contribution in [-0.2, 0) is 14.3 Å². The van der Waals surface area contributed by atoms with Gasteiger partial charge in [0.15, 0.2) is 4.30 Å². The van der Waals surface area contributed by atoms with E-state index in [0.29, 0.717) is 6.61 Å². The summed E-state index contributed by atoms with van der Waals surface area (Å²) in [6, 6.07) is 0. The summed E-state index contributed by atoms with van der Waals surface area (Å²) in [5.41, 5.74) is 0. The molecule has 0 aliphatic rings. The van der Waals surface area contributed by atoms with E-state index in [0.717, 1.165) is 14.0 Å². The highest BCUT2D eigenvalue weighted by molar-refractivity contribution is 6.63. The maximum atomic E-state index is 9.82. The second kappa shape index (κ2) is 29.6. The first-order valence-corrected chi connectivity index (χ1v) is 5.24. The van der Waals surface area contributed by atoms with E-state index in [1.54, 1.807) is 6.92 Å². The Morgan fingerprint density at radius 3 is 1.35 bits per heavy atom. The number of aliphatic hydroxyl groups is 1. The highest BCUT2D eigenvalue weighted by Gasteiger charge is 1.81. The molecule has 0 saturated carbocycles. The zero-order valence-electron chi connectivity index (χ0n) is 10.0. The Bertz CT molecular complexity index is 147. The summed E-state index contributed by atoms with van der Waals surface area (Å²) in [7, 11) is 1.00. The van der Waals surface area contributed by atoms with E-state index in [2.05, 4.69) is 4.74 Å². The number of hydrogen-bond donors (Lipinski definition) is 2. The standard InChI is InChI=1S/C4H8O2.C2H4O2.CHCl3.CH4O.H2O/c1-3-6-4(2)5;1-2(3)4;2-1(3)4;1-2;/h3H2,1-2H3;1H3,(H,3,4);1H;2H,1H3;1H2. The van der Waals surface area contributed by atoms with Gasteiger partial charge in [0, 0.05) is 21.0 Å². The molecule has 0 heterocycles. The summed E-state index contributed by atoms with van der Waals surface area (Å²) in [4.78, 5) is 18.8. The number of esters is 1. The number of rotatable bonds is 1. The lowest BCUT2D eigenvalue weighted by molar-refractivity contribution is -0.140. The SMILES string of the molecule is CC(=O)O.CCOC(C)=O.CO.ClC(Cl)Cl.O. The molecule has 0 atom stereocenters. The predicted octanol–water partition coefficient (Wildman–Crippen LogP) is 1.43. The van der Waals surface area contributed by atoms with Gasteiger partial charge in [-0.3, -0.25) is 9.59 Å². The maximum absolute atomic E-state index is 9.82. The third kappa shape index (κ3) is 398. The number of aliphatic hydroxyl groups excluding tert-OH is 1. The van der Waals surface area contributed by atoms with Gasteiger partial charge >= 0.3 is 5.97 Å². The van der Waals surface area contributed by atoms with E-state index >= 15 is 0 Å². The lowest BCUT2D eigenvalue weighted by Crippen LogP contribution is -1.95. The van der Waals surface area contributed by atoms with Crippen LogP contribution in [0.2, 0.25) is 0 Å². The average molecular weight is 318 g/mol. The number of hydrogen-bond acceptors (Lipinski definition) is 4. The zero-order valence-corrected chi connectivity index (χ0v) is 12.3. The zero-order chi connectivity index (χ0) is 14.1. The minimum absolute atomic E-state index is 0. The third-order valence-electron chi connectivity index (χ3n) is 0.348. The highest BCUT2D eigenvalue weighted by atomic mass is 35.6. The van der Waals surface area contributed by atoms with E-state index in [9.17, 15) is 4.79 Å². The van der Waals surface area contributed by atoms with Crippen LogP contribution in [0.5, 0.6) is 0 Å². The van der Waals surface area contributed by atoms with Crippen LogP contribution in [0.4, 0.5) is 0 Å². The van der Waals surface area contributed by atoms with Crippen molar-refractivity contribution in [1.29, 1.82) is 0 Å². The number of carbonyl (C=O) groups is 2. The van der Waals surface area contributed by atoms with Crippen molar-refractivity contribution in [2.75, 3.05) is 13.7 Å². The van der Waals surface area contributed by atoms with Crippen molar-refractivity contribution in [1.82, 2.24) is 0 Å². The highest BCUT2D eigenvalue weighted by Crippen LogP contribution is 2.03. The molecule has 6 nitrogen and oxygen atoms in total. The molecule has 0 aliphatic heterocycles. The number of aliphatic carboxylic acids is 1. The van der Waals surface area contributed by atoms with Crippen LogP contribution in [0.15, 0.2) is 0 Å². The Kier molecular flexibility index (Phi) is 52.5. The molecule has 0 aliphatic carbocycles. The van der Waals surface area contributed by atoms with Gasteiger partial charge in [-0.05, 0) is 6.92 Å². The third-order valence-corrected chi connectivity index (χ3v) is 0.348. The quantitative estimate of drug-likeness (QED) is 0.560.